The SMILES string of the molecule is O=[N+]([O-])c1cc(Cl)c(Cl)cc1C(F)F. The normalized spacial score (nSPS) is 10.6. The van der Waals surface area contributed by atoms with Gasteiger partial charge in [0, 0.05) is 6.07 Å². The van der Waals surface area contributed by atoms with Crippen molar-refractivity contribution >= 4 is 28.9 Å². The molecular formula is C7H3Cl2F2NO2. The van der Waals surface area contributed by atoms with Crippen LogP contribution >= 0.6 is 23.2 Å². The molecule has 0 unspecified atom stereocenters. The monoisotopic (exact) mass is 241 g/mol. The molecule has 0 aliphatic heterocycles. The van der Waals surface area contributed by atoms with E-state index < -0.39 is 22.6 Å². The van der Waals surface area contributed by atoms with Gasteiger partial charge >= 0.3 is 0 Å². The van der Waals surface area contributed by atoms with Crippen LogP contribution in [0.4, 0.5) is 14.5 Å². The standard InChI is InChI=1S/C7H3Cl2F2NO2/c8-4-1-3(7(10)11)6(12(13)14)2-5(4)9/h1-2,7H. The molecule has 1 aromatic carbocycles. The number of nitrogens with zero attached hydrogens (tertiary/aromatic N) is 1. The Balaban J connectivity index is 3.39. The summed E-state index contributed by atoms with van der Waals surface area (Å²) in [5.41, 5.74) is -1.46. The maximum absolute atomic E-state index is 12.3. The highest BCUT2D eigenvalue weighted by Gasteiger charge is 2.23. The van der Waals surface area contributed by atoms with Gasteiger partial charge in [0.05, 0.1) is 20.5 Å². The molecule has 3 nitrogen and oxygen atoms in total. The highest BCUT2D eigenvalue weighted by atomic mass is 35.5. The Labute approximate surface area is 87.4 Å². The van der Waals surface area contributed by atoms with Crippen molar-refractivity contribution in [1.82, 2.24) is 0 Å². The Bertz CT molecular complexity index is 384. The topological polar surface area (TPSA) is 43.1 Å². The molecule has 0 fully saturated rings. The molecule has 0 aliphatic rings. The molecule has 0 N–H and O–H groups in total. The number of nitro benzene ring substituents is 1. The van der Waals surface area contributed by atoms with Gasteiger partial charge in [-0.25, -0.2) is 8.78 Å². The first-order chi connectivity index (χ1) is 6.43. The van der Waals surface area contributed by atoms with Crippen molar-refractivity contribution in [2.24, 2.45) is 0 Å². The molecule has 1 rings (SSSR count). The van der Waals surface area contributed by atoms with Gasteiger partial charge in [-0.2, -0.15) is 0 Å². The van der Waals surface area contributed by atoms with E-state index in [-0.39, 0.29) is 10.0 Å². The first kappa shape index (κ1) is 11.1. The summed E-state index contributed by atoms with van der Waals surface area (Å²) in [6, 6.07) is 1.61. The van der Waals surface area contributed by atoms with Gasteiger partial charge < -0.3 is 0 Å². The largest absolute Gasteiger partial charge is 0.279 e. The first-order valence-corrected chi connectivity index (χ1v) is 4.10. The lowest BCUT2D eigenvalue weighted by atomic mass is 10.2. The Morgan fingerprint density at radius 3 is 2.21 bits per heavy atom. The fourth-order valence-corrected chi connectivity index (χ4v) is 1.21. The molecule has 76 valence electrons. The molecule has 0 radical (unpaired) electrons. The van der Waals surface area contributed by atoms with Crippen molar-refractivity contribution in [3.05, 3.63) is 37.9 Å². The van der Waals surface area contributed by atoms with Crippen LogP contribution in [0.15, 0.2) is 12.1 Å². The summed E-state index contributed by atoms with van der Waals surface area (Å²) in [6.45, 7) is 0. The highest BCUT2D eigenvalue weighted by Crippen LogP contribution is 2.35. The lowest BCUT2D eigenvalue weighted by Gasteiger charge is -2.03. The van der Waals surface area contributed by atoms with E-state index in [0.717, 1.165) is 12.1 Å². The van der Waals surface area contributed by atoms with Gasteiger partial charge in [-0.1, -0.05) is 23.2 Å². The number of alkyl halides is 2. The van der Waals surface area contributed by atoms with E-state index in [0.29, 0.717) is 0 Å². The van der Waals surface area contributed by atoms with Crippen molar-refractivity contribution in [2.45, 2.75) is 6.43 Å². The van der Waals surface area contributed by atoms with Crippen molar-refractivity contribution < 1.29 is 13.7 Å². The molecule has 0 aromatic heterocycles. The fourth-order valence-electron chi connectivity index (χ4n) is 0.885. The number of hydrogen-bond acceptors (Lipinski definition) is 2. The number of hydrogen-bond donors (Lipinski definition) is 0. The molecule has 0 atom stereocenters. The quantitative estimate of drug-likeness (QED) is 0.584. The minimum atomic E-state index is -2.95. The minimum absolute atomic E-state index is 0.122. The molecule has 0 aliphatic carbocycles. The van der Waals surface area contributed by atoms with Crippen LogP contribution in [-0.2, 0) is 0 Å². The van der Waals surface area contributed by atoms with Crippen LogP contribution in [0, 0.1) is 10.1 Å². The lowest BCUT2D eigenvalue weighted by molar-refractivity contribution is -0.386. The molecule has 7 heteroatoms. The van der Waals surface area contributed by atoms with Gasteiger partial charge in [-0.3, -0.25) is 10.1 Å². The number of nitro groups is 1. The van der Waals surface area contributed by atoms with Crippen LogP contribution in [-0.4, -0.2) is 4.92 Å². The second-order valence-corrected chi connectivity index (χ2v) is 3.20. The summed E-state index contributed by atoms with van der Waals surface area (Å²) in [5.74, 6) is 0. The summed E-state index contributed by atoms with van der Waals surface area (Å²) in [6.07, 6.45) is -2.95. The summed E-state index contributed by atoms with van der Waals surface area (Å²) >= 11 is 10.9. The highest BCUT2D eigenvalue weighted by molar-refractivity contribution is 6.42. The Morgan fingerprint density at radius 2 is 1.79 bits per heavy atom. The second kappa shape index (κ2) is 4.06. The minimum Gasteiger partial charge on any atom is -0.258 e. The molecule has 0 amide bonds. The number of rotatable bonds is 2. The van der Waals surface area contributed by atoms with E-state index in [1.165, 1.54) is 0 Å². The van der Waals surface area contributed by atoms with E-state index in [2.05, 4.69) is 0 Å². The van der Waals surface area contributed by atoms with Crippen molar-refractivity contribution in [2.75, 3.05) is 0 Å². The third-order valence-corrected chi connectivity index (χ3v) is 2.22. The molecule has 0 bridgehead atoms. The Morgan fingerprint density at radius 1 is 1.29 bits per heavy atom. The van der Waals surface area contributed by atoms with Crippen LogP contribution in [0.1, 0.15) is 12.0 Å². The van der Waals surface area contributed by atoms with Crippen molar-refractivity contribution in [3.8, 4) is 0 Å². The van der Waals surface area contributed by atoms with E-state index in [1.807, 2.05) is 0 Å². The zero-order valence-electron chi connectivity index (χ0n) is 6.51. The zero-order valence-corrected chi connectivity index (χ0v) is 8.02. The van der Waals surface area contributed by atoms with Gasteiger partial charge in [-0.15, -0.1) is 0 Å². The van der Waals surface area contributed by atoms with Crippen LogP contribution in [0.3, 0.4) is 0 Å². The zero-order chi connectivity index (χ0) is 10.9. The van der Waals surface area contributed by atoms with E-state index in [1.54, 1.807) is 0 Å². The molecule has 1 aromatic rings. The predicted octanol–water partition coefficient (Wildman–Crippen LogP) is 3.84. The molecular weight excluding hydrogens is 239 g/mol. The predicted molar refractivity (Wildman–Crippen MR) is 48.1 cm³/mol. The maximum Gasteiger partial charge on any atom is 0.279 e. The van der Waals surface area contributed by atoms with Gasteiger partial charge in [-0.05, 0) is 6.07 Å². The third-order valence-electron chi connectivity index (χ3n) is 1.50. The van der Waals surface area contributed by atoms with E-state index >= 15 is 0 Å². The molecule has 0 heterocycles. The first-order valence-electron chi connectivity index (χ1n) is 3.35. The molecule has 0 saturated heterocycles. The lowest BCUT2D eigenvalue weighted by Crippen LogP contribution is -1.96. The summed E-state index contributed by atoms with van der Waals surface area (Å²) in [4.78, 5) is 9.43. The third kappa shape index (κ3) is 2.10. The molecule has 0 spiro atoms. The fraction of sp³-hybridized carbons (Fsp3) is 0.143. The molecule has 14 heavy (non-hydrogen) atoms. The Hall–Kier alpha value is -0.940. The van der Waals surface area contributed by atoms with Gasteiger partial charge in [0.25, 0.3) is 12.1 Å². The smallest absolute Gasteiger partial charge is 0.258 e. The average molecular weight is 242 g/mol. The average Bonchev–Trinajstić information content (AvgIpc) is 2.08. The summed E-state index contributed by atoms with van der Waals surface area (Å²) < 4.78 is 24.6. The van der Waals surface area contributed by atoms with Crippen LogP contribution in [0.25, 0.3) is 0 Å². The summed E-state index contributed by atoms with van der Waals surface area (Å²) in [5, 5.41) is 10.1. The summed E-state index contributed by atoms with van der Waals surface area (Å²) in [7, 11) is 0. The number of halogens is 4. The van der Waals surface area contributed by atoms with Gasteiger partial charge in [0.1, 0.15) is 0 Å². The van der Waals surface area contributed by atoms with Gasteiger partial charge in [0.15, 0.2) is 0 Å². The van der Waals surface area contributed by atoms with E-state index in [4.69, 9.17) is 23.2 Å². The van der Waals surface area contributed by atoms with Crippen LogP contribution < -0.4 is 0 Å². The van der Waals surface area contributed by atoms with Gasteiger partial charge in [0.2, 0.25) is 0 Å². The van der Waals surface area contributed by atoms with Crippen LogP contribution in [0.5, 0.6) is 0 Å². The second-order valence-electron chi connectivity index (χ2n) is 2.38. The maximum atomic E-state index is 12.3. The van der Waals surface area contributed by atoms with Crippen molar-refractivity contribution in [1.29, 1.82) is 0 Å². The van der Waals surface area contributed by atoms with E-state index in [9.17, 15) is 18.9 Å². The van der Waals surface area contributed by atoms with Crippen LogP contribution in [0.2, 0.25) is 10.0 Å². The Kier molecular flexibility index (Phi) is 3.23. The number of benzene rings is 1. The van der Waals surface area contributed by atoms with Crippen molar-refractivity contribution in [3.63, 3.8) is 0 Å². The molecule has 0 saturated carbocycles.